The molecule has 3 heterocycles. The number of fused-ring (bicyclic) bond motifs is 4. The van der Waals surface area contributed by atoms with Gasteiger partial charge in [-0.3, -0.25) is 9.78 Å². The van der Waals surface area contributed by atoms with E-state index in [0.29, 0.717) is 35.2 Å². The quantitative estimate of drug-likeness (QED) is 0.748. The van der Waals surface area contributed by atoms with Crippen LogP contribution in [0.15, 0.2) is 24.5 Å². The van der Waals surface area contributed by atoms with Gasteiger partial charge >= 0.3 is 12.6 Å². The highest BCUT2D eigenvalue weighted by Gasteiger charge is 2.25. The predicted molar refractivity (Wildman–Crippen MR) is 106 cm³/mol. The average molecular weight is 421 g/mol. The lowest BCUT2D eigenvalue weighted by atomic mass is 10.0. The molecule has 0 saturated carbocycles. The second-order valence-corrected chi connectivity index (χ2v) is 8.09. The third kappa shape index (κ3) is 5.31. The van der Waals surface area contributed by atoms with Gasteiger partial charge in [0, 0.05) is 18.2 Å². The van der Waals surface area contributed by atoms with E-state index in [1.807, 2.05) is 0 Å². The molecule has 0 saturated heterocycles. The summed E-state index contributed by atoms with van der Waals surface area (Å²) in [4.78, 5) is 28.9. The third-order valence-electron chi connectivity index (χ3n) is 4.50. The number of amides is 2. The van der Waals surface area contributed by atoms with E-state index >= 15 is 0 Å². The highest BCUT2D eigenvalue weighted by molar-refractivity contribution is 5.94. The molecule has 0 aromatic carbocycles. The van der Waals surface area contributed by atoms with E-state index in [-0.39, 0.29) is 23.7 Å². The van der Waals surface area contributed by atoms with Crippen LogP contribution in [0.3, 0.4) is 0 Å². The maximum absolute atomic E-state index is 13.5. The highest BCUT2D eigenvalue weighted by atomic mass is 19.3. The van der Waals surface area contributed by atoms with E-state index in [9.17, 15) is 18.4 Å². The molecule has 1 aliphatic heterocycles. The number of anilines is 1. The van der Waals surface area contributed by atoms with Crippen molar-refractivity contribution in [3.05, 3.63) is 30.2 Å². The maximum atomic E-state index is 13.5. The molecule has 0 radical (unpaired) electrons. The van der Waals surface area contributed by atoms with Gasteiger partial charge in [-0.05, 0) is 45.7 Å². The third-order valence-corrected chi connectivity index (χ3v) is 4.50. The summed E-state index contributed by atoms with van der Waals surface area (Å²) >= 11 is 0. The SMILES string of the molecule is CC(C)(C)OC(=O)N[C@H]1CCCCC(=O)Nc2cnn(C(F)F)c2-c2ccnc1c2. The van der Waals surface area contributed by atoms with Crippen LogP contribution >= 0.6 is 0 Å². The van der Waals surface area contributed by atoms with Crippen molar-refractivity contribution < 1.29 is 23.1 Å². The van der Waals surface area contributed by atoms with Crippen molar-refractivity contribution in [3.8, 4) is 11.3 Å². The van der Waals surface area contributed by atoms with Crippen LogP contribution in [-0.4, -0.2) is 32.4 Å². The molecule has 162 valence electrons. The number of aromatic nitrogens is 3. The fourth-order valence-corrected chi connectivity index (χ4v) is 3.27. The van der Waals surface area contributed by atoms with Gasteiger partial charge < -0.3 is 15.4 Å². The van der Waals surface area contributed by atoms with Gasteiger partial charge in [-0.15, -0.1) is 0 Å². The zero-order valence-corrected chi connectivity index (χ0v) is 17.1. The molecule has 0 fully saturated rings. The highest BCUT2D eigenvalue weighted by Crippen LogP contribution is 2.33. The zero-order valence-electron chi connectivity index (χ0n) is 17.1. The van der Waals surface area contributed by atoms with Gasteiger partial charge in [0.1, 0.15) is 5.60 Å². The summed E-state index contributed by atoms with van der Waals surface area (Å²) in [6.07, 6.45) is 4.06. The van der Waals surface area contributed by atoms with Gasteiger partial charge in [-0.25, -0.2) is 9.48 Å². The van der Waals surface area contributed by atoms with Crippen molar-refractivity contribution in [2.75, 3.05) is 5.32 Å². The van der Waals surface area contributed by atoms with Crippen molar-refractivity contribution in [3.63, 3.8) is 0 Å². The van der Waals surface area contributed by atoms with E-state index < -0.39 is 24.3 Å². The van der Waals surface area contributed by atoms with Crippen LogP contribution in [0.1, 0.15) is 64.7 Å². The van der Waals surface area contributed by atoms with Crippen molar-refractivity contribution in [2.24, 2.45) is 0 Å². The Kier molecular flexibility index (Phi) is 6.33. The summed E-state index contributed by atoms with van der Waals surface area (Å²) in [6.45, 7) is 2.40. The van der Waals surface area contributed by atoms with Crippen LogP contribution in [0.2, 0.25) is 0 Å². The monoisotopic (exact) mass is 421 g/mol. The minimum Gasteiger partial charge on any atom is -0.444 e. The number of alkyl carbamates (subject to hydrolysis) is 1. The van der Waals surface area contributed by atoms with Crippen LogP contribution < -0.4 is 10.6 Å². The Balaban J connectivity index is 2.01. The van der Waals surface area contributed by atoms with E-state index in [2.05, 4.69) is 20.7 Å². The molecule has 2 amide bonds. The molecule has 10 heteroatoms. The molecule has 2 bridgehead atoms. The fourth-order valence-electron chi connectivity index (χ4n) is 3.27. The number of rotatable bonds is 2. The molecule has 2 aromatic rings. The number of ether oxygens (including phenoxy) is 1. The van der Waals surface area contributed by atoms with Gasteiger partial charge in [0.15, 0.2) is 0 Å². The van der Waals surface area contributed by atoms with Gasteiger partial charge in [-0.1, -0.05) is 6.42 Å². The molecule has 2 N–H and O–H groups in total. The van der Waals surface area contributed by atoms with Crippen molar-refractivity contribution in [1.82, 2.24) is 20.1 Å². The molecule has 1 aliphatic rings. The zero-order chi connectivity index (χ0) is 21.9. The Labute approximate surface area is 173 Å². The molecular formula is C20H25F2N5O3. The molecule has 0 unspecified atom stereocenters. The molecule has 30 heavy (non-hydrogen) atoms. The van der Waals surface area contributed by atoms with Gasteiger partial charge in [-0.2, -0.15) is 13.9 Å². The molecular weight excluding hydrogens is 396 g/mol. The van der Waals surface area contributed by atoms with Gasteiger partial charge in [0.05, 0.1) is 29.3 Å². The number of alkyl halides is 2. The van der Waals surface area contributed by atoms with Crippen LogP contribution in [0.4, 0.5) is 19.3 Å². The largest absolute Gasteiger partial charge is 0.444 e. The number of nitrogens with zero attached hydrogens (tertiary/aromatic N) is 3. The summed E-state index contributed by atoms with van der Waals surface area (Å²) in [6, 6.07) is 2.69. The molecule has 1 atom stereocenters. The first kappa shape index (κ1) is 21.7. The number of carbonyl (C=O) groups excluding carboxylic acids is 2. The second kappa shape index (κ2) is 8.76. The summed E-state index contributed by atoms with van der Waals surface area (Å²) in [7, 11) is 0. The van der Waals surface area contributed by atoms with Crippen molar-refractivity contribution in [2.45, 2.75) is 64.6 Å². The standard InChI is InChI=1S/C20H25F2N5O3/c1-20(2,3)30-19(29)26-13-6-4-5-7-16(28)25-15-11-24-27(18(21)22)17(15)12-8-9-23-14(13)10-12/h8-11,13,18H,4-7H2,1-3H3,(H,25,28)(H,26,29)/t13-/m0/s1. The topological polar surface area (TPSA) is 98.1 Å². The van der Waals surface area contributed by atoms with E-state index in [1.165, 1.54) is 12.4 Å². The predicted octanol–water partition coefficient (Wildman–Crippen LogP) is 4.42. The number of nitrogens with one attached hydrogen (secondary N) is 2. The minimum absolute atomic E-state index is 0.0820. The maximum Gasteiger partial charge on any atom is 0.408 e. The smallest absolute Gasteiger partial charge is 0.408 e. The Morgan fingerprint density at radius 1 is 1.37 bits per heavy atom. The van der Waals surface area contributed by atoms with Crippen LogP contribution in [-0.2, 0) is 9.53 Å². The Morgan fingerprint density at radius 3 is 2.83 bits per heavy atom. The summed E-state index contributed by atoms with van der Waals surface area (Å²) in [5.74, 6) is -0.281. The first-order chi connectivity index (χ1) is 14.1. The fraction of sp³-hybridized carbons (Fsp3) is 0.500. The average Bonchev–Trinajstić information content (AvgIpc) is 3.06. The Morgan fingerprint density at radius 2 is 2.13 bits per heavy atom. The number of hydrogen-bond donors (Lipinski definition) is 2. The summed E-state index contributed by atoms with van der Waals surface area (Å²) in [5.41, 5.74) is 0.540. The van der Waals surface area contributed by atoms with Crippen molar-refractivity contribution >= 4 is 17.7 Å². The Bertz CT molecular complexity index is 923. The number of carbonyl (C=O) groups is 2. The second-order valence-electron chi connectivity index (χ2n) is 8.09. The lowest BCUT2D eigenvalue weighted by Crippen LogP contribution is -2.35. The molecule has 3 rings (SSSR count). The molecule has 0 spiro atoms. The molecule has 2 aromatic heterocycles. The van der Waals surface area contributed by atoms with E-state index in [4.69, 9.17) is 4.74 Å². The van der Waals surface area contributed by atoms with Crippen molar-refractivity contribution in [1.29, 1.82) is 0 Å². The first-order valence-electron chi connectivity index (χ1n) is 9.75. The summed E-state index contributed by atoms with van der Waals surface area (Å²) in [5, 5.41) is 9.20. The molecule has 8 nitrogen and oxygen atoms in total. The first-order valence-corrected chi connectivity index (χ1v) is 9.75. The van der Waals surface area contributed by atoms with E-state index in [1.54, 1.807) is 32.9 Å². The molecule has 0 aliphatic carbocycles. The number of hydrogen-bond acceptors (Lipinski definition) is 5. The minimum atomic E-state index is -2.88. The normalized spacial score (nSPS) is 17.4. The van der Waals surface area contributed by atoms with E-state index in [0.717, 1.165) is 0 Å². The van der Waals surface area contributed by atoms with Gasteiger partial charge in [0.25, 0.3) is 0 Å². The van der Waals surface area contributed by atoms with Gasteiger partial charge in [0.2, 0.25) is 5.91 Å². The lowest BCUT2D eigenvalue weighted by Gasteiger charge is -2.24. The van der Waals surface area contributed by atoms with Crippen LogP contribution in [0, 0.1) is 0 Å². The summed E-state index contributed by atoms with van der Waals surface area (Å²) < 4.78 is 32.9. The number of pyridine rings is 1. The van der Waals surface area contributed by atoms with Crippen LogP contribution in [0.5, 0.6) is 0 Å². The van der Waals surface area contributed by atoms with Crippen LogP contribution in [0.25, 0.3) is 11.3 Å². The lowest BCUT2D eigenvalue weighted by molar-refractivity contribution is -0.116. The number of halogens is 2. The Hall–Kier alpha value is -3.04.